The molecule has 1 amide bonds. The summed E-state index contributed by atoms with van der Waals surface area (Å²) >= 11 is 0. The molecule has 0 aliphatic carbocycles. The van der Waals surface area contributed by atoms with Gasteiger partial charge in [-0.3, -0.25) is 14.3 Å². The van der Waals surface area contributed by atoms with Crippen LogP contribution < -0.4 is 10.6 Å². The summed E-state index contributed by atoms with van der Waals surface area (Å²) in [5, 5.41) is 0.997. The first-order chi connectivity index (χ1) is 19.2. The molecule has 2 heterocycles. The first kappa shape index (κ1) is 30.0. The number of benzene rings is 2. The third-order valence-corrected chi connectivity index (χ3v) is 15.6. The highest BCUT2D eigenvalue weighted by Crippen LogP contribution is 2.55. The molecule has 1 saturated heterocycles. The summed E-state index contributed by atoms with van der Waals surface area (Å²) in [6.07, 6.45) is 1.15. The van der Waals surface area contributed by atoms with Crippen molar-refractivity contribution in [1.29, 1.82) is 0 Å². The summed E-state index contributed by atoms with van der Waals surface area (Å²) in [7, 11) is -5.68. The molecule has 2 aliphatic heterocycles. The summed E-state index contributed by atoms with van der Waals surface area (Å²) in [6, 6.07) is 20.5. The van der Waals surface area contributed by atoms with Crippen LogP contribution in [0, 0.1) is 11.8 Å². The number of hydrogen-bond acceptors (Lipinski definition) is 6. The van der Waals surface area contributed by atoms with Crippen LogP contribution in [0.2, 0.25) is 18.1 Å². The van der Waals surface area contributed by atoms with Crippen LogP contribution in [0.3, 0.4) is 0 Å². The largest absolute Gasteiger partial charge is 0.457 e. The zero-order chi connectivity index (χ0) is 29.1. The summed E-state index contributed by atoms with van der Waals surface area (Å²) in [5.41, 5.74) is 0.0184. The minimum Gasteiger partial charge on any atom is -0.457 e. The van der Waals surface area contributed by atoms with Gasteiger partial charge in [-0.25, -0.2) is 4.79 Å². The second kappa shape index (κ2) is 12.3. The fourth-order valence-electron chi connectivity index (χ4n) is 5.93. The molecule has 2 aliphatic rings. The number of nitrogens with zero attached hydrogens (tertiary/aromatic N) is 1. The van der Waals surface area contributed by atoms with Gasteiger partial charge in [0.1, 0.15) is 12.4 Å². The predicted molar refractivity (Wildman–Crippen MR) is 160 cm³/mol. The molecule has 214 valence electrons. The molecular weight excluding hydrogens is 541 g/mol. The Morgan fingerprint density at radius 2 is 1.55 bits per heavy atom. The van der Waals surface area contributed by atoms with Crippen LogP contribution in [0.15, 0.2) is 84.8 Å². The summed E-state index contributed by atoms with van der Waals surface area (Å²) in [5.74, 6) is -1.53. The van der Waals surface area contributed by atoms with Crippen LogP contribution in [0.5, 0.6) is 0 Å². The molecule has 2 aromatic carbocycles. The summed E-state index contributed by atoms with van der Waals surface area (Å²) < 4.78 is 33.4. The maximum absolute atomic E-state index is 14.8. The molecule has 4 atom stereocenters. The van der Waals surface area contributed by atoms with Crippen LogP contribution in [0.4, 0.5) is 0 Å². The van der Waals surface area contributed by atoms with Crippen molar-refractivity contribution < 1.29 is 27.8 Å². The Labute approximate surface area is 238 Å². The van der Waals surface area contributed by atoms with Gasteiger partial charge in [-0.15, -0.1) is 0 Å². The maximum Gasteiger partial charge on any atom is 0.358 e. The lowest BCUT2D eigenvalue weighted by molar-refractivity contribution is -0.163. The number of hydrogen-bond donors (Lipinski definition) is 0. The van der Waals surface area contributed by atoms with Crippen molar-refractivity contribution in [3.05, 3.63) is 84.8 Å². The van der Waals surface area contributed by atoms with E-state index in [4.69, 9.17) is 13.7 Å². The fraction of sp³-hybridized carbons (Fsp3) is 0.419. The van der Waals surface area contributed by atoms with Crippen molar-refractivity contribution in [1.82, 2.24) is 4.90 Å². The van der Waals surface area contributed by atoms with Gasteiger partial charge in [0.2, 0.25) is 5.91 Å². The Morgan fingerprint density at radius 1 is 1.02 bits per heavy atom. The number of carbonyl (C=O) groups is 2. The minimum absolute atomic E-state index is 0.0184. The van der Waals surface area contributed by atoms with E-state index in [2.05, 4.69) is 27.4 Å². The van der Waals surface area contributed by atoms with Crippen LogP contribution in [-0.2, 0) is 27.8 Å². The summed E-state index contributed by atoms with van der Waals surface area (Å²) in [4.78, 5) is 28.6. The molecule has 0 aromatic heterocycles. The smallest absolute Gasteiger partial charge is 0.358 e. The van der Waals surface area contributed by atoms with Crippen molar-refractivity contribution in [3.8, 4) is 0 Å². The van der Waals surface area contributed by atoms with E-state index < -0.39 is 33.5 Å². The second-order valence-corrected chi connectivity index (χ2v) is 17.5. The highest BCUT2D eigenvalue weighted by Gasteiger charge is 2.62. The van der Waals surface area contributed by atoms with Gasteiger partial charge in [0.25, 0.3) is 0 Å². The van der Waals surface area contributed by atoms with Gasteiger partial charge in [-0.2, -0.15) is 0 Å². The molecule has 1 fully saturated rings. The molecule has 0 radical (unpaired) electrons. The van der Waals surface area contributed by atoms with Gasteiger partial charge in [-0.1, -0.05) is 76.7 Å². The monoisotopic (exact) mass is 581 g/mol. The fourth-order valence-corrected chi connectivity index (χ4v) is 11.0. The van der Waals surface area contributed by atoms with Gasteiger partial charge >= 0.3 is 13.3 Å². The molecule has 2 aromatic rings. The lowest BCUT2D eigenvalue weighted by Gasteiger charge is -2.49. The van der Waals surface area contributed by atoms with E-state index in [0.29, 0.717) is 10.6 Å². The third-order valence-electron chi connectivity index (χ3n) is 8.41. The second-order valence-electron chi connectivity index (χ2n) is 10.5. The highest BCUT2D eigenvalue weighted by molar-refractivity contribution is 7.74. The van der Waals surface area contributed by atoms with Crippen LogP contribution >= 0.6 is 7.37 Å². The zero-order valence-electron chi connectivity index (χ0n) is 24.0. The molecule has 1 unspecified atom stereocenters. The average Bonchev–Trinajstić information content (AvgIpc) is 3.22. The van der Waals surface area contributed by atoms with Crippen molar-refractivity contribution in [3.63, 3.8) is 0 Å². The Balaban J connectivity index is 1.76. The standard InChI is InChI=1S/C31H40NO6PSi/c1-7-21-36-31(34)28-29(37-39(35,24-17-13-11-14-18-24)25-19-15-12-16-20-25)22(5)27-26(30(33)32(27)28)23(6)38-40(8-2,9-3)10-4/h7,11-20,22-23,26-27H,1,8-10,21H2,2-6H3/t22-,23?,26+,27-/m1/s1. The van der Waals surface area contributed by atoms with Crippen molar-refractivity contribution in [2.75, 3.05) is 6.61 Å². The SMILES string of the molecule is C=CCOC(=O)C1=C(OP(=O)(c2ccccc2)c2ccccc2)[C@H](C)[C@@H]2[C@H](C(C)O[Si](CC)(CC)CC)C(=O)N12. The van der Waals surface area contributed by atoms with Gasteiger partial charge in [-0.05, 0) is 49.3 Å². The zero-order valence-corrected chi connectivity index (χ0v) is 25.9. The topological polar surface area (TPSA) is 82.1 Å². The molecule has 9 heteroatoms. The number of carbonyl (C=O) groups excluding carboxylic acids is 2. The van der Waals surface area contributed by atoms with E-state index in [1.54, 1.807) is 48.5 Å². The number of rotatable bonds is 13. The number of β-lactam (4-membered cyclic amide) rings is 1. The van der Waals surface area contributed by atoms with E-state index in [0.717, 1.165) is 18.1 Å². The van der Waals surface area contributed by atoms with Gasteiger partial charge in [0, 0.05) is 5.92 Å². The van der Waals surface area contributed by atoms with Gasteiger partial charge in [0.05, 0.1) is 28.7 Å². The van der Waals surface area contributed by atoms with Gasteiger partial charge < -0.3 is 13.7 Å². The molecule has 7 nitrogen and oxygen atoms in total. The van der Waals surface area contributed by atoms with Crippen molar-refractivity contribution in [2.24, 2.45) is 11.8 Å². The van der Waals surface area contributed by atoms with E-state index >= 15 is 0 Å². The quantitative estimate of drug-likeness (QED) is 0.0984. The molecule has 0 spiro atoms. The van der Waals surface area contributed by atoms with E-state index in [1.165, 1.54) is 11.0 Å². The third kappa shape index (κ3) is 5.25. The average molecular weight is 582 g/mol. The Morgan fingerprint density at radius 3 is 2.02 bits per heavy atom. The Bertz CT molecular complexity index is 1260. The maximum atomic E-state index is 14.8. The van der Waals surface area contributed by atoms with Crippen molar-refractivity contribution in [2.45, 2.75) is 64.9 Å². The predicted octanol–water partition coefficient (Wildman–Crippen LogP) is 5.76. The van der Waals surface area contributed by atoms with E-state index in [1.807, 2.05) is 26.0 Å². The molecule has 4 rings (SSSR count). The number of ether oxygens (including phenoxy) is 1. The Kier molecular flexibility index (Phi) is 9.23. The number of fused-ring (bicyclic) bond motifs is 1. The molecule has 0 bridgehead atoms. The molecule has 0 N–H and O–H groups in total. The van der Waals surface area contributed by atoms with Crippen LogP contribution in [0.1, 0.15) is 34.6 Å². The number of amides is 1. The van der Waals surface area contributed by atoms with Crippen LogP contribution in [-0.4, -0.2) is 43.8 Å². The first-order valence-corrected chi connectivity index (χ1v) is 18.3. The molecular formula is C31H40NO6PSi. The Hall–Kier alpha value is -2.93. The van der Waals surface area contributed by atoms with E-state index in [-0.39, 0.29) is 36.1 Å². The van der Waals surface area contributed by atoms with Crippen molar-refractivity contribution >= 4 is 38.2 Å². The van der Waals surface area contributed by atoms with Crippen LogP contribution in [0.25, 0.3) is 0 Å². The minimum atomic E-state index is -3.70. The highest BCUT2D eigenvalue weighted by atomic mass is 31.2. The first-order valence-electron chi connectivity index (χ1n) is 14.1. The molecule has 0 saturated carbocycles. The van der Waals surface area contributed by atoms with E-state index in [9.17, 15) is 14.2 Å². The lowest BCUT2D eigenvalue weighted by Crippen LogP contribution is -2.65. The lowest BCUT2D eigenvalue weighted by atomic mass is 9.79. The van der Waals surface area contributed by atoms with Gasteiger partial charge in [0.15, 0.2) is 14.0 Å². The number of esters is 1. The molecule has 40 heavy (non-hydrogen) atoms. The normalized spacial score (nSPS) is 21.5. The summed E-state index contributed by atoms with van der Waals surface area (Å²) in [6.45, 7) is 14.0.